The summed E-state index contributed by atoms with van der Waals surface area (Å²) >= 11 is 0. The van der Waals surface area contributed by atoms with Crippen LogP contribution < -0.4 is 0 Å². The van der Waals surface area contributed by atoms with Gasteiger partial charge in [-0.25, -0.2) is 4.79 Å². The largest absolute Gasteiger partial charge is 0.422 e. The fourth-order valence-corrected chi connectivity index (χ4v) is 2.61. The van der Waals surface area contributed by atoms with Crippen LogP contribution in [0.15, 0.2) is 54.6 Å². The topological polar surface area (TPSA) is 26.3 Å². The average molecular weight is 246 g/mol. The second kappa shape index (κ2) is 3.69. The fraction of sp³-hybridized carbons (Fsp3) is 0. The molecule has 0 fully saturated rings. The van der Waals surface area contributed by atoms with E-state index in [-0.39, 0.29) is 5.97 Å². The number of benzene rings is 2. The molecule has 0 N–H and O–H groups in total. The Morgan fingerprint density at radius 1 is 0.737 bits per heavy atom. The summed E-state index contributed by atoms with van der Waals surface area (Å²) < 4.78 is 5.46. The van der Waals surface area contributed by atoms with Crippen molar-refractivity contribution in [2.45, 2.75) is 0 Å². The number of ether oxygens (including phenoxy) is 1. The number of hydrogen-bond donors (Lipinski definition) is 0. The maximum atomic E-state index is 11.9. The second-order valence-corrected chi connectivity index (χ2v) is 4.60. The van der Waals surface area contributed by atoms with Gasteiger partial charge in [0.05, 0.1) is 5.56 Å². The minimum atomic E-state index is -0.268. The zero-order valence-corrected chi connectivity index (χ0v) is 10.1. The first kappa shape index (κ1) is 10.3. The lowest BCUT2D eigenvalue weighted by Gasteiger charge is -2.05. The highest BCUT2D eigenvalue weighted by atomic mass is 16.5. The molecule has 0 saturated carbocycles. The van der Waals surface area contributed by atoms with Gasteiger partial charge < -0.3 is 4.74 Å². The molecule has 1 heterocycles. The van der Waals surface area contributed by atoms with Crippen LogP contribution in [0.3, 0.4) is 0 Å². The van der Waals surface area contributed by atoms with Crippen LogP contribution in [0, 0.1) is 0 Å². The first-order chi connectivity index (χ1) is 9.34. The Hall–Kier alpha value is -2.61. The maximum absolute atomic E-state index is 11.9. The van der Waals surface area contributed by atoms with E-state index >= 15 is 0 Å². The SMILES string of the molecule is O=C1O/C(=C2\C=Cc3ccccc32)c2ccccc21. The predicted molar refractivity (Wildman–Crippen MR) is 74.1 cm³/mol. The molecule has 0 bridgehead atoms. The van der Waals surface area contributed by atoms with Gasteiger partial charge in [-0.1, -0.05) is 48.5 Å². The molecule has 0 amide bonds. The van der Waals surface area contributed by atoms with Gasteiger partial charge >= 0.3 is 5.97 Å². The van der Waals surface area contributed by atoms with E-state index in [9.17, 15) is 4.79 Å². The minimum absolute atomic E-state index is 0.268. The molecular weight excluding hydrogens is 236 g/mol. The Morgan fingerprint density at radius 3 is 2.26 bits per heavy atom. The number of allylic oxidation sites excluding steroid dienone is 2. The predicted octanol–water partition coefficient (Wildman–Crippen LogP) is 3.75. The van der Waals surface area contributed by atoms with Gasteiger partial charge in [0, 0.05) is 11.1 Å². The zero-order chi connectivity index (χ0) is 12.8. The molecule has 0 unspecified atom stereocenters. The normalized spacial score (nSPS) is 19.3. The van der Waals surface area contributed by atoms with Crippen molar-refractivity contribution in [3.8, 4) is 0 Å². The molecule has 2 nitrogen and oxygen atoms in total. The van der Waals surface area contributed by atoms with E-state index in [0.717, 1.165) is 22.3 Å². The van der Waals surface area contributed by atoms with Gasteiger partial charge in [-0.15, -0.1) is 0 Å². The monoisotopic (exact) mass is 246 g/mol. The van der Waals surface area contributed by atoms with Gasteiger partial charge in [0.25, 0.3) is 0 Å². The highest BCUT2D eigenvalue weighted by Gasteiger charge is 2.29. The molecule has 0 aromatic heterocycles. The van der Waals surface area contributed by atoms with Crippen molar-refractivity contribution >= 4 is 23.4 Å². The van der Waals surface area contributed by atoms with Gasteiger partial charge in [-0.2, -0.15) is 0 Å². The molecule has 2 heteroatoms. The quantitative estimate of drug-likeness (QED) is 0.662. The Bertz CT molecular complexity index is 766. The fourth-order valence-electron chi connectivity index (χ4n) is 2.61. The molecule has 0 saturated heterocycles. The summed E-state index contributed by atoms with van der Waals surface area (Å²) in [5.41, 5.74) is 4.77. The number of fused-ring (bicyclic) bond motifs is 2. The van der Waals surface area contributed by atoms with E-state index in [2.05, 4.69) is 6.07 Å². The number of carbonyl (C=O) groups is 1. The van der Waals surface area contributed by atoms with Crippen molar-refractivity contribution in [1.29, 1.82) is 0 Å². The van der Waals surface area contributed by atoms with Crippen LogP contribution in [0.4, 0.5) is 0 Å². The van der Waals surface area contributed by atoms with Crippen molar-refractivity contribution in [3.63, 3.8) is 0 Å². The molecule has 0 radical (unpaired) electrons. The molecule has 0 atom stereocenters. The highest BCUT2D eigenvalue weighted by Crippen LogP contribution is 2.40. The summed E-state index contributed by atoms with van der Waals surface area (Å²) in [7, 11) is 0. The zero-order valence-electron chi connectivity index (χ0n) is 10.1. The number of hydrogen-bond acceptors (Lipinski definition) is 2. The lowest BCUT2D eigenvalue weighted by atomic mass is 10.0. The molecule has 90 valence electrons. The van der Waals surface area contributed by atoms with Gasteiger partial charge in [-0.3, -0.25) is 0 Å². The Kier molecular flexibility index (Phi) is 2.00. The van der Waals surface area contributed by atoms with E-state index in [1.807, 2.05) is 48.6 Å². The lowest BCUT2D eigenvalue weighted by Crippen LogP contribution is -1.93. The molecule has 1 aliphatic heterocycles. The molecule has 4 rings (SSSR count). The van der Waals surface area contributed by atoms with E-state index in [4.69, 9.17) is 4.74 Å². The summed E-state index contributed by atoms with van der Waals surface area (Å²) in [6, 6.07) is 15.6. The maximum Gasteiger partial charge on any atom is 0.344 e. The van der Waals surface area contributed by atoms with E-state index < -0.39 is 0 Å². The summed E-state index contributed by atoms with van der Waals surface area (Å²) in [4.78, 5) is 11.9. The molecule has 2 aliphatic rings. The first-order valence-corrected chi connectivity index (χ1v) is 6.18. The van der Waals surface area contributed by atoms with Gasteiger partial charge in [0.2, 0.25) is 0 Å². The van der Waals surface area contributed by atoms with Crippen molar-refractivity contribution < 1.29 is 9.53 Å². The van der Waals surface area contributed by atoms with E-state index in [1.165, 1.54) is 0 Å². The van der Waals surface area contributed by atoms with E-state index in [0.29, 0.717) is 11.3 Å². The van der Waals surface area contributed by atoms with Crippen LogP contribution in [0.2, 0.25) is 0 Å². The average Bonchev–Trinajstić information content (AvgIpc) is 3.01. The van der Waals surface area contributed by atoms with Crippen LogP contribution in [-0.4, -0.2) is 5.97 Å². The molecule has 0 spiro atoms. The number of esters is 1. The minimum Gasteiger partial charge on any atom is -0.422 e. The lowest BCUT2D eigenvalue weighted by molar-refractivity contribution is 0.0716. The molecule has 19 heavy (non-hydrogen) atoms. The van der Waals surface area contributed by atoms with Gasteiger partial charge in [-0.05, 0) is 23.3 Å². The smallest absolute Gasteiger partial charge is 0.344 e. The summed E-state index contributed by atoms with van der Waals surface area (Å²) in [5, 5.41) is 0. The third-order valence-electron chi connectivity index (χ3n) is 3.51. The van der Waals surface area contributed by atoms with Crippen molar-refractivity contribution in [3.05, 3.63) is 76.9 Å². The van der Waals surface area contributed by atoms with Gasteiger partial charge in [0.1, 0.15) is 5.76 Å². The standard InChI is InChI=1S/C17H10O2/c18-17-15-8-4-3-7-13(15)16(19-17)14-10-9-11-5-1-2-6-12(11)14/h1-10H/b16-14+. The summed E-state index contributed by atoms with van der Waals surface area (Å²) in [6.45, 7) is 0. The Morgan fingerprint density at radius 2 is 1.42 bits per heavy atom. The number of rotatable bonds is 0. The third kappa shape index (κ3) is 1.40. The Balaban J connectivity index is 1.99. The van der Waals surface area contributed by atoms with E-state index in [1.54, 1.807) is 6.07 Å². The molecule has 2 aromatic carbocycles. The first-order valence-electron chi connectivity index (χ1n) is 6.18. The molecular formula is C17H10O2. The van der Waals surface area contributed by atoms with Crippen LogP contribution in [0.1, 0.15) is 27.0 Å². The third-order valence-corrected chi connectivity index (χ3v) is 3.51. The summed E-state index contributed by atoms with van der Waals surface area (Å²) in [5.74, 6) is 0.401. The van der Waals surface area contributed by atoms with Gasteiger partial charge in [0.15, 0.2) is 0 Å². The van der Waals surface area contributed by atoms with Crippen LogP contribution in [0.25, 0.3) is 17.4 Å². The number of carbonyl (C=O) groups excluding carboxylic acids is 1. The van der Waals surface area contributed by atoms with Crippen LogP contribution in [0.5, 0.6) is 0 Å². The van der Waals surface area contributed by atoms with Crippen molar-refractivity contribution in [1.82, 2.24) is 0 Å². The van der Waals surface area contributed by atoms with Crippen molar-refractivity contribution in [2.75, 3.05) is 0 Å². The Labute approximate surface area is 110 Å². The summed E-state index contributed by atoms with van der Waals surface area (Å²) in [6.07, 6.45) is 4.06. The van der Waals surface area contributed by atoms with Crippen LogP contribution in [-0.2, 0) is 4.74 Å². The highest BCUT2D eigenvalue weighted by molar-refractivity contribution is 6.11. The van der Waals surface area contributed by atoms with Crippen LogP contribution >= 0.6 is 0 Å². The van der Waals surface area contributed by atoms with Crippen molar-refractivity contribution in [2.24, 2.45) is 0 Å². The second-order valence-electron chi connectivity index (χ2n) is 4.60. The molecule has 2 aromatic rings. The number of cyclic esters (lactones) is 1. The molecule has 1 aliphatic carbocycles.